The number of carbonyl (C=O) groups is 1. The molecule has 72 valence electrons. The van der Waals surface area contributed by atoms with Gasteiger partial charge in [0.1, 0.15) is 6.10 Å². The van der Waals surface area contributed by atoms with Crippen molar-refractivity contribution in [2.45, 2.75) is 39.7 Å². The summed E-state index contributed by atoms with van der Waals surface area (Å²) in [4.78, 5) is 11.7. The van der Waals surface area contributed by atoms with E-state index >= 15 is 0 Å². The number of ether oxygens (including phenoxy) is 1. The molecule has 5 atom stereocenters. The molecule has 1 heterocycles. The zero-order valence-electron chi connectivity index (χ0n) is 8.46. The molecule has 5 unspecified atom stereocenters. The second-order valence-electron chi connectivity index (χ2n) is 5.60. The quantitative estimate of drug-likeness (QED) is 0.533. The number of hydrogen-bond acceptors (Lipinski definition) is 2. The van der Waals surface area contributed by atoms with Crippen LogP contribution in [0.2, 0.25) is 0 Å². The molecular weight excluding hydrogens is 164 g/mol. The van der Waals surface area contributed by atoms with E-state index in [1.807, 2.05) is 0 Å². The van der Waals surface area contributed by atoms with E-state index in [1.54, 1.807) is 0 Å². The molecule has 0 amide bonds. The van der Waals surface area contributed by atoms with Crippen molar-refractivity contribution in [1.82, 2.24) is 0 Å². The first-order valence-electron chi connectivity index (χ1n) is 5.20. The normalized spacial score (nSPS) is 63.0. The van der Waals surface area contributed by atoms with Gasteiger partial charge in [-0.3, -0.25) is 4.79 Å². The van der Waals surface area contributed by atoms with Gasteiger partial charge in [-0.2, -0.15) is 0 Å². The first-order chi connectivity index (χ1) is 5.99. The number of fused-ring (bicyclic) bond motifs is 1. The van der Waals surface area contributed by atoms with Gasteiger partial charge >= 0.3 is 5.97 Å². The number of esters is 1. The smallest absolute Gasteiger partial charge is 0.312 e. The van der Waals surface area contributed by atoms with Crippen molar-refractivity contribution in [3.05, 3.63) is 0 Å². The summed E-state index contributed by atoms with van der Waals surface area (Å²) in [6.07, 6.45) is 2.46. The Morgan fingerprint density at radius 2 is 2.08 bits per heavy atom. The largest absolute Gasteiger partial charge is 0.461 e. The minimum Gasteiger partial charge on any atom is -0.461 e. The summed E-state index contributed by atoms with van der Waals surface area (Å²) >= 11 is 0. The van der Waals surface area contributed by atoms with E-state index in [4.69, 9.17) is 4.74 Å². The zero-order chi connectivity index (χ0) is 9.43. The molecule has 2 heteroatoms. The molecule has 0 aromatic carbocycles. The Kier molecular flexibility index (Phi) is 1.08. The van der Waals surface area contributed by atoms with Gasteiger partial charge in [0.25, 0.3) is 0 Å². The molecule has 2 bridgehead atoms. The van der Waals surface area contributed by atoms with Crippen molar-refractivity contribution in [3.63, 3.8) is 0 Å². The average Bonchev–Trinajstić information content (AvgIpc) is 2.48. The van der Waals surface area contributed by atoms with Crippen LogP contribution in [0, 0.1) is 22.7 Å². The molecule has 2 nitrogen and oxygen atoms in total. The third-order valence-corrected chi connectivity index (χ3v) is 5.15. The van der Waals surface area contributed by atoms with Gasteiger partial charge in [0.05, 0.1) is 5.41 Å². The maximum atomic E-state index is 11.7. The van der Waals surface area contributed by atoms with Crippen LogP contribution in [-0.4, -0.2) is 12.1 Å². The highest BCUT2D eigenvalue weighted by Crippen LogP contribution is 2.70. The van der Waals surface area contributed by atoms with Gasteiger partial charge in [0.15, 0.2) is 0 Å². The lowest BCUT2D eigenvalue weighted by Crippen LogP contribution is -2.40. The van der Waals surface area contributed by atoms with E-state index in [2.05, 4.69) is 20.8 Å². The zero-order valence-corrected chi connectivity index (χ0v) is 8.46. The summed E-state index contributed by atoms with van der Waals surface area (Å²) in [5.41, 5.74) is -0.0109. The Balaban J connectivity index is 2.17. The molecule has 0 N–H and O–H groups in total. The maximum absolute atomic E-state index is 11.7. The fourth-order valence-corrected chi connectivity index (χ4v) is 4.03. The van der Waals surface area contributed by atoms with Crippen molar-refractivity contribution in [1.29, 1.82) is 0 Å². The number of carbonyl (C=O) groups excluding carboxylic acids is 1. The minimum absolute atomic E-state index is 0.0619. The Morgan fingerprint density at radius 3 is 2.62 bits per heavy atom. The Labute approximate surface area is 78.6 Å². The first kappa shape index (κ1) is 7.84. The molecule has 0 aromatic rings. The molecule has 1 aliphatic heterocycles. The van der Waals surface area contributed by atoms with Gasteiger partial charge in [0, 0.05) is 5.41 Å². The Hall–Kier alpha value is -0.530. The molecular formula is C11H16O2. The van der Waals surface area contributed by atoms with Crippen LogP contribution >= 0.6 is 0 Å². The molecule has 2 aliphatic carbocycles. The van der Waals surface area contributed by atoms with Crippen LogP contribution in [0.1, 0.15) is 33.6 Å². The third-order valence-electron chi connectivity index (χ3n) is 5.15. The molecule has 3 aliphatic rings. The van der Waals surface area contributed by atoms with Crippen molar-refractivity contribution < 1.29 is 9.53 Å². The molecule has 1 saturated heterocycles. The monoisotopic (exact) mass is 180 g/mol. The lowest BCUT2D eigenvalue weighted by atomic mass is 9.64. The third kappa shape index (κ3) is 0.570. The fraction of sp³-hybridized carbons (Fsp3) is 0.909. The highest BCUT2D eigenvalue weighted by atomic mass is 16.6. The minimum atomic E-state index is -0.158. The number of rotatable bonds is 0. The lowest BCUT2D eigenvalue weighted by molar-refractivity contribution is -0.147. The van der Waals surface area contributed by atoms with Crippen molar-refractivity contribution in [2.24, 2.45) is 22.7 Å². The molecule has 0 spiro atoms. The summed E-state index contributed by atoms with van der Waals surface area (Å²) < 4.78 is 5.52. The Morgan fingerprint density at radius 1 is 1.38 bits per heavy atom. The van der Waals surface area contributed by atoms with Crippen LogP contribution < -0.4 is 0 Å². The topological polar surface area (TPSA) is 26.3 Å². The predicted molar refractivity (Wildman–Crippen MR) is 48.0 cm³/mol. The van der Waals surface area contributed by atoms with Crippen LogP contribution in [-0.2, 0) is 9.53 Å². The molecule has 2 saturated carbocycles. The van der Waals surface area contributed by atoms with Gasteiger partial charge in [-0.05, 0) is 31.6 Å². The van der Waals surface area contributed by atoms with Crippen molar-refractivity contribution >= 4 is 5.97 Å². The average molecular weight is 180 g/mol. The lowest BCUT2D eigenvalue weighted by Gasteiger charge is -2.35. The second-order valence-corrected chi connectivity index (χ2v) is 5.60. The van der Waals surface area contributed by atoms with E-state index in [0.717, 1.165) is 12.3 Å². The van der Waals surface area contributed by atoms with E-state index in [-0.39, 0.29) is 22.9 Å². The molecule has 0 radical (unpaired) electrons. The summed E-state index contributed by atoms with van der Waals surface area (Å²) in [5, 5.41) is 0. The summed E-state index contributed by atoms with van der Waals surface area (Å²) in [6, 6.07) is 0. The molecule has 0 aromatic heterocycles. The van der Waals surface area contributed by atoms with Gasteiger partial charge in [-0.15, -0.1) is 0 Å². The molecule has 3 fully saturated rings. The van der Waals surface area contributed by atoms with Crippen LogP contribution in [0.25, 0.3) is 0 Å². The highest BCUT2D eigenvalue weighted by molar-refractivity contribution is 5.81. The van der Waals surface area contributed by atoms with Gasteiger partial charge in [0.2, 0.25) is 0 Å². The second kappa shape index (κ2) is 1.79. The van der Waals surface area contributed by atoms with Crippen LogP contribution in [0.4, 0.5) is 0 Å². The van der Waals surface area contributed by atoms with Crippen molar-refractivity contribution in [2.75, 3.05) is 0 Å². The van der Waals surface area contributed by atoms with Gasteiger partial charge in [-0.25, -0.2) is 0 Å². The van der Waals surface area contributed by atoms with E-state index < -0.39 is 0 Å². The predicted octanol–water partition coefficient (Wildman–Crippen LogP) is 1.98. The van der Waals surface area contributed by atoms with Gasteiger partial charge < -0.3 is 4.74 Å². The highest BCUT2D eigenvalue weighted by Gasteiger charge is 2.73. The van der Waals surface area contributed by atoms with E-state index in [9.17, 15) is 4.79 Å². The number of hydrogen-bond donors (Lipinski definition) is 0. The summed E-state index contributed by atoms with van der Waals surface area (Å²) in [6.45, 7) is 6.58. The SMILES string of the molecule is CC1C2CC3(C)C(=O)OC1C3(C)C2. The molecule has 3 rings (SSSR count). The van der Waals surface area contributed by atoms with E-state index in [1.165, 1.54) is 6.42 Å². The van der Waals surface area contributed by atoms with E-state index in [0.29, 0.717) is 5.92 Å². The van der Waals surface area contributed by atoms with Crippen LogP contribution in [0.5, 0.6) is 0 Å². The fourth-order valence-electron chi connectivity index (χ4n) is 4.03. The molecule has 13 heavy (non-hydrogen) atoms. The maximum Gasteiger partial charge on any atom is 0.312 e. The first-order valence-corrected chi connectivity index (χ1v) is 5.20. The van der Waals surface area contributed by atoms with Crippen LogP contribution in [0.15, 0.2) is 0 Å². The summed E-state index contributed by atoms with van der Waals surface area (Å²) in [7, 11) is 0. The van der Waals surface area contributed by atoms with Crippen molar-refractivity contribution in [3.8, 4) is 0 Å². The Bertz CT molecular complexity index is 298. The van der Waals surface area contributed by atoms with Gasteiger partial charge in [-0.1, -0.05) is 13.8 Å². The van der Waals surface area contributed by atoms with Crippen LogP contribution in [0.3, 0.4) is 0 Å². The summed E-state index contributed by atoms with van der Waals surface area (Å²) in [5.74, 6) is 1.38. The standard InChI is InChI=1S/C11H16O2/c1-6-7-4-10(2)8(6)13-9(12)11(10,3)5-7/h6-8H,4-5H2,1-3H3.